The van der Waals surface area contributed by atoms with Gasteiger partial charge < -0.3 is 4.90 Å². The van der Waals surface area contributed by atoms with E-state index in [1.165, 1.54) is 16.2 Å². The lowest BCUT2D eigenvalue weighted by molar-refractivity contribution is 0.112. The summed E-state index contributed by atoms with van der Waals surface area (Å²) in [5.74, 6) is 0. The van der Waals surface area contributed by atoms with Crippen LogP contribution in [0.15, 0.2) is 17.5 Å². The van der Waals surface area contributed by atoms with Crippen LogP contribution in [0.3, 0.4) is 0 Å². The van der Waals surface area contributed by atoms with Crippen LogP contribution in [0.5, 0.6) is 0 Å². The van der Waals surface area contributed by atoms with Crippen LogP contribution in [-0.2, 0) is 13.0 Å². The van der Waals surface area contributed by atoms with Gasteiger partial charge in [-0.25, -0.2) is 4.98 Å². The molecule has 0 spiro atoms. The van der Waals surface area contributed by atoms with Crippen molar-refractivity contribution in [3.8, 4) is 0 Å². The minimum atomic E-state index is 0.750. The van der Waals surface area contributed by atoms with Gasteiger partial charge in [-0.15, -0.1) is 11.3 Å². The van der Waals surface area contributed by atoms with Gasteiger partial charge >= 0.3 is 0 Å². The summed E-state index contributed by atoms with van der Waals surface area (Å²) in [4.78, 5) is 19.5. The SMILES string of the molecule is CCc1nc(N(C)Cc2cccs2)sc1C=O. The molecule has 17 heavy (non-hydrogen) atoms. The fourth-order valence-corrected chi connectivity index (χ4v) is 3.25. The van der Waals surface area contributed by atoms with E-state index in [9.17, 15) is 4.79 Å². The lowest BCUT2D eigenvalue weighted by Gasteiger charge is -2.13. The van der Waals surface area contributed by atoms with E-state index in [-0.39, 0.29) is 0 Å². The Hall–Kier alpha value is -1.20. The smallest absolute Gasteiger partial charge is 0.186 e. The number of hydrogen-bond donors (Lipinski definition) is 0. The fourth-order valence-electron chi connectivity index (χ4n) is 1.56. The normalized spacial score (nSPS) is 10.5. The molecule has 0 bridgehead atoms. The number of thiophene rings is 1. The predicted molar refractivity (Wildman–Crippen MR) is 73.3 cm³/mol. The Morgan fingerprint density at radius 3 is 2.88 bits per heavy atom. The van der Waals surface area contributed by atoms with Gasteiger partial charge in [0, 0.05) is 11.9 Å². The highest BCUT2D eigenvalue weighted by atomic mass is 32.1. The molecule has 2 rings (SSSR count). The third-order valence-corrected chi connectivity index (χ3v) is 4.46. The molecule has 0 saturated heterocycles. The zero-order valence-corrected chi connectivity index (χ0v) is 11.5. The Bertz CT molecular complexity index is 491. The van der Waals surface area contributed by atoms with Gasteiger partial charge in [0.25, 0.3) is 0 Å². The second kappa shape index (κ2) is 5.42. The van der Waals surface area contributed by atoms with Gasteiger partial charge in [-0.2, -0.15) is 0 Å². The number of thiazole rings is 1. The van der Waals surface area contributed by atoms with E-state index in [2.05, 4.69) is 21.3 Å². The summed E-state index contributed by atoms with van der Waals surface area (Å²) in [6.07, 6.45) is 1.70. The number of carbonyl (C=O) groups is 1. The average molecular weight is 266 g/mol. The van der Waals surface area contributed by atoms with E-state index in [0.717, 1.165) is 35.0 Å². The number of carbonyl (C=O) groups excluding carboxylic acids is 1. The number of rotatable bonds is 5. The number of aromatic nitrogens is 1. The van der Waals surface area contributed by atoms with Gasteiger partial charge in [0.2, 0.25) is 0 Å². The van der Waals surface area contributed by atoms with Crippen LogP contribution in [0.4, 0.5) is 5.13 Å². The summed E-state index contributed by atoms with van der Waals surface area (Å²) >= 11 is 3.20. The third-order valence-electron chi connectivity index (χ3n) is 2.46. The second-order valence-electron chi connectivity index (χ2n) is 3.71. The molecule has 90 valence electrons. The molecular weight excluding hydrogens is 252 g/mol. The first-order valence-electron chi connectivity index (χ1n) is 5.43. The maximum Gasteiger partial charge on any atom is 0.186 e. The van der Waals surface area contributed by atoms with Crippen molar-refractivity contribution in [3.05, 3.63) is 33.0 Å². The van der Waals surface area contributed by atoms with E-state index >= 15 is 0 Å². The molecular formula is C12H14N2OS2. The van der Waals surface area contributed by atoms with E-state index in [0.29, 0.717) is 0 Å². The molecule has 0 atom stereocenters. The Labute approximate surface area is 109 Å². The van der Waals surface area contributed by atoms with Crippen molar-refractivity contribution in [3.63, 3.8) is 0 Å². The van der Waals surface area contributed by atoms with Crippen LogP contribution in [0.25, 0.3) is 0 Å². The van der Waals surface area contributed by atoms with Crippen molar-refractivity contribution in [1.29, 1.82) is 0 Å². The predicted octanol–water partition coefficient (Wildman–Crippen LogP) is 3.22. The van der Waals surface area contributed by atoms with Gasteiger partial charge in [-0.1, -0.05) is 24.3 Å². The highest BCUT2D eigenvalue weighted by molar-refractivity contribution is 7.17. The largest absolute Gasteiger partial charge is 0.346 e. The van der Waals surface area contributed by atoms with Crippen molar-refractivity contribution in [2.45, 2.75) is 19.9 Å². The first-order chi connectivity index (χ1) is 8.24. The van der Waals surface area contributed by atoms with Gasteiger partial charge in [0.1, 0.15) is 0 Å². The zero-order valence-electron chi connectivity index (χ0n) is 9.84. The number of hydrogen-bond acceptors (Lipinski definition) is 5. The summed E-state index contributed by atoms with van der Waals surface area (Å²) in [7, 11) is 2.01. The van der Waals surface area contributed by atoms with Gasteiger partial charge in [-0.3, -0.25) is 4.79 Å². The van der Waals surface area contributed by atoms with Gasteiger partial charge in [-0.05, 0) is 17.9 Å². The van der Waals surface area contributed by atoms with Crippen LogP contribution in [-0.4, -0.2) is 18.3 Å². The van der Waals surface area contributed by atoms with Crippen molar-refractivity contribution in [1.82, 2.24) is 4.98 Å². The van der Waals surface area contributed by atoms with Crippen molar-refractivity contribution in [2.75, 3.05) is 11.9 Å². The number of aryl methyl sites for hydroxylation is 1. The molecule has 0 unspecified atom stereocenters. The molecule has 2 heterocycles. The van der Waals surface area contributed by atoms with E-state index in [1.54, 1.807) is 11.3 Å². The standard InChI is InChI=1S/C12H14N2OS2/c1-3-10-11(8-15)17-12(13-10)14(2)7-9-5-4-6-16-9/h4-6,8H,3,7H2,1-2H3. The molecule has 0 aliphatic heterocycles. The molecule has 0 fully saturated rings. The second-order valence-corrected chi connectivity index (χ2v) is 5.76. The molecule has 0 aliphatic rings. The van der Waals surface area contributed by atoms with E-state index < -0.39 is 0 Å². The van der Waals surface area contributed by atoms with Crippen molar-refractivity contribution < 1.29 is 4.79 Å². The number of aldehydes is 1. The molecule has 0 aromatic carbocycles. The highest BCUT2D eigenvalue weighted by Gasteiger charge is 2.12. The summed E-state index contributed by atoms with van der Waals surface area (Å²) in [6, 6.07) is 4.15. The average Bonchev–Trinajstić information content (AvgIpc) is 2.96. The van der Waals surface area contributed by atoms with E-state index in [1.807, 2.05) is 20.0 Å². The summed E-state index contributed by atoms with van der Waals surface area (Å²) in [5.41, 5.74) is 0.901. The Balaban J connectivity index is 2.16. The first kappa shape index (κ1) is 12.3. The Morgan fingerprint density at radius 2 is 2.35 bits per heavy atom. The Morgan fingerprint density at radius 1 is 1.53 bits per heavy atom. The van der Waals surface area contributed by atoms with Crippen LogP contribution < -0.4 is 4.90 Å². The van der Waals surface area contributed by atoms with E-state index in [4.69, 9.17) is 0 Å². The summed E-state index contributed by atoms with van der Waals surface area (Å²) in [5, 5.41) is 2.98. The summed E-state index contributed by atoms with van der Waals surface area (Å²) in [6.45, 7) is 2.86. The molecule has 5 heteroatoms. The fraction of sp³-hybridized carbons (Fsp3) is 0.333. The quantitative estimate of drug-likeness (QED) is 0.779. The van der Waals surface area contributed by atoms with Gasteiger partial charge in [0.15, 0.2) is 11.4 Å². The molecule has 0 amide bonds. The maximum absolute atomic E-state index is 10.9. The minimum absolute atomic E-state index is 0.750. The minimum Gasteiger partial charge on any atom is -0.346 e. The van der Waals surface area contributed by atoms with Crippen LogP contribution in [0, 0.1) is 0 Å². The lowest BCUT2D eigenvalue weighted by atomic mass is 10.3. The van der Waals surface area contributed by atoms with Crippen LogP contribution in [0.2, 0.25) is 0 Å². The molecule has 0 radical (unpaired) electrons. The zero-order chi connectivity index (χ0) is 12.3. The maximum atomic E-state index is 10.9. The molecule has 3 nitrogen and oxygen atoms in total. The van der Waals surface area contributed by atoms with Crippen molar-refractivity contribution >= 4 is 34.1 Å². The molecule has 2 aromatic rings. The highest BCUT2D eigenvalue weighted by Crippen LogP contribution is 2.26. The molecule has 0 saturated carbocycles. The van der Waals surface area contributed by atoms with Crippen LogP contribution in [0.1, 0.15) is 27.2 Å². The molecule has 0 N–H and O–H groups in total. The summed E-state index contributed by atoms with van der Waals surface area (Å²) < 4.78 is 0. The Kier molecular flexibility index (Phi) is 3.91. The van der Waals surface area contributed by atoms with Crippen LogP contribution >= 0.6 is 22.7 Å². The third kappa shape index (κ3) is 2.73. The lowest BCUT2D eigenvalue weighted by Crippen LogP contribution is -2.15. The van der Waals surface area contributed by atoms with Gasteiger partial charge in [0.05, 0.1) is 17.1 Å². The monoisotopic (exact) mass is 266 g/mol. The number of anilines is 1. The first-order valence-corrected chi connectivity index (χ1v) is 7.12. The van der Waals surface area contributed by atoms with Crippen molar-refractivity contribution in [2.24, 2.45) is 0 Å². The topological polar surface area (TPSA) is 33.2 Å². The number of nitrogens with zero attached hydrogens (tertiary/aromatic N) is 2. The molecule has 2 aromatic heterocycles. The molecule has 0 aliphatic carbocycles.